The van der Waals surface area contributed by atoms with E-state index in [0.29, 0.717) is 0 Å². The van der Waals surface area contributed by atoms with Crippen LogP contribution in [0.4, 0.5) is 5.82 Å². The fraction of sp³-hybridized carbons (Fsp3) is 0.429. The van der Waals surface area contributed by atoms with E-state index in [1.807, 2.05) is 18.9 Å². The summed E-state index contributed by atoms with van der Waals surface area (Å²) in [7, 11) is 1.81. The Bertz CT molecular complexity index is 656. The minimum absolute atomic E-state index is 0.000185. The van der Waals surface area contributed by atoms with E-state index in [4.69, 9.17) is 0 Å². The summed E-state index contributed by atoms with van der Waals surface area (Å²) in [5.74, 6) is 0.773. The normalized spacial score (nSPS) is 18.0. The maximum absolute atomic E-state index is 12.7. The molecule has 1 aliphatic rings. The molecule has 1 saturated heterocycles. The third kappa shape index (κ3) is 2.61. The molecule has 21 heavy (non-hydrogen) atoms. The Balaban J connectivity index is 1.88. The monoisotopic (exact) mass is 303 g/mol. The molecule has 0 aliphatic carbocycles. The molecule has 0 aromatic carbocycles. The van der Waals surface area contributed by atoms with E-state index in [9.17, 15) is 4.79 Å². The molecule has 110 valence electrons. The van der Waals surface area contributed by atoms with E-state index >= 15 is 0 Å². The molecular weight excluding hydrogens is 286 g/mol. The number of nitrogens with zero attached hydrogens (tertiary/aromatic N) is 4. The van der Waals surface area contributed by atoms with Crippen LogP contribution in [0.5, 0.6) is 0 Å². The van der Waals surface area contributed by atoms with Crippen LogP contribution in [0.1, 0.15) is 39.9 Å². The lowest BCUT2D eigenvalue weighted by Gasteiger charge is -2.24. The van der Waals surface area contributed by atoms with Crippen LogP contribution >= 0.6 is 11.3 Å². The molecular formula is C14H17N5OS. The van der Waals surface area contributed by atoms with Gasteiger partial charge in [0.2, 0.25) is 0 Å². The zero-order chi connectivity index (χ0) is 14.8. The van der Waals surface area contributed by atoms with Gasteiger partial charge < -0.3 is 10.2 Å². The predicted octanol–water partition coefficient (Wildman–Crippen LogP) is 2.26. The lowest BCUT2D eigenvalue weighted by Crippen LogP contribution is -2.31. The third-order valence-electron chi connectivity index (χ3n) is 3.70. The number of amides is 1. The van der Waals surface area contributed by atoms with Crippen molar-refractivity contribution in [2.24, 2.45) is 0 Å². The second-order valence-electron chi connectivity index (χ2n) is 5.00. The molecule has 3 heterocycles. The number of hydrogen-bond donors (Lipinski definition) is 1. The molecule has 0 radical (unpaired) electrons. The fourth-order valence-electron chi connectivity index (χ4n) is 2.62. The van der Waals surface area contributed by atoms with E-state index < -0.39 is 0 Å². The number of aromatic nitrogens is 3. The number of carbonyl (C=O) groups excluding carboxylic acids is 1. The topological polar surface area (TPSA) is 71.0 Å². The number of aryl methyl sites for hydroxylation is 1. The lowest BCUT2D eigenvalue weighted by molar-refractivity contribution is 0.0736. The molecule has 1 N–H and O–H groups in total. The molecule has 6 nitrogen and oxygen atoms in total. The van der Waals surface area contributed by atoms with Crippen molar-refractivity contribution in [2.45, 2.75) is 25.8 Å². The Kier molecular flexibility index (Phi) is 3.83. The third-order valence-corrected chi connectivity index (χ3v) is 4.62. The van der Waals surface area contributed by atoms with Gasteiger partial charge in [-0.1, -0.05) is 0 Å². The SMILES string of the molecule is CNc1cncc(C2CCCN2C(=O)c2scnc2C)n1. The highest BCUT2D eigenvalue weighted by Crippen LogP contribution is 2.33. The van der Waals surface area contributed by atoms with Crippen molar-refractivity contribution in [1.82, 2.24) is 19.9 Å². The average Bonchev–Trinajstić information content (AvgIpc) is 3.15. The maximum Gasteiger partial charge on any atom is 0.266 e. The summed E-state index contributed by atoms with van der Waals surface area (Å²) in [4.78, 5) is 28.2. The van der Waals surface area contributed by atoms with Gasteiger partial charge in [-0.3, -0.25) is 9.78 Å². The largest absolute Gasteiger partial charge is 0.372 e. The van der Waals surface area contributed by atoms with Crippen LogP contribution in [0.25, 0.3) is 0 Å². The highest BCUT2D eigenvalue weighted by Gasteiger charge is 2.33. The van der Waals surface area contributed by atoms with Gasteiger partial charge in [0.15, 0.2) is 0 Å². The standard InChI is InChI=1S/C14H17N5OS/c1-9-13(21-8-17-9)14(20)19-5-3-4-11(19)10-6-16-7-12(15-2)18-10/h6-8,11H,3-5H2,1-2H3,(H,15,18). The minimum atomic E-state index is -0.000185. The van der Waals surface area contributed by atoms with Gasteiger partial charge in [-0.15, -0.1) is 11.3 Å². The maximum atomic E-state index is 12.7. The lowest BCUT2D eigenvalue weighted by atomic mass is 10.1. The number of rotatable bonds is 3. The molecule has 1 fully saturated rings. The molecule has 3 rings (SSSR count). The van der Waals surface area contributed by atoms with Crippen molar-refractivity contribution >= 4 is 23.1 Å². The molecule has 0 saturated carbocycles. The Labute approximate surface area is 127 Å². The van der Waals surface area contributed by atoms with Crippen LogP contribution in [0.15, 0.2) is 17.9 Å². The summed E-state index contributed by atoms with van der Waals surface area (Å²) in [6.07, 6.45) is 5.33. The van der Waals surface area contributed by atoms with E-state index in [2.05, 4.69) is 20.3 Å². The van der Waals surface area contributed by atoms with E-state index in [0.717, 1.165) is 41.5 Å². The van der Waals surface area contributed by atoms with E-state index in [1.54, 1.807) is 17.9 Å². The highest BCUT2D eigenvalue weighted by molar-refractivity contribution is 7.11. The minimum Gasteiger partial charge on any atom is -0.372 e. The number of anilines is 1. The second kappa shape index (κ2) is 5.77. The van der Waals surface area contributed by atoms with Crippen molar-refractivity contribution < 1.29 is 4.79 Å². The zero-order valence-corrected chi connectivity index (χ0v) is 12.9. The van der Waals surface area contributed by atoms with E-state index in [1.165, 1.54) is 11.3 Å². The smallest absolute Gasteiger partial charge is 0.266 e. The van der Waals surface area contributed by atoms with Gasteiger partial charge in [0.25, 0.3) is 5.91 Å². The molecule has 7 heteroatoms. The first-order valence-electron chi connectivity index (χ1n) is 6.91. The van der Waals surface area contributed by atoms with Crippen LogP contribution in [-0.4, -0.2) is 39.4 Å². The van der Waals surface area contributed by atoms with E-state index in [-0.39, 0.29) is 11.9 Å². The summed E-state index contributed by atoms with van der Waals surface area (Å²) in [5.41, 5.74) is 3.36. The summed E-state index contributed by atoms with van der Waals surface area (Å²) in [5, 5.41) is 2.99. The Morgan fingerprint density at radius 2 is 2.33 bits per heavy atom. The Hall–Kier alpha value is -2.02. The molecule has 1 amide bonds. The Morgan fingerprint density at radius 1 is 1.48 bits per heavy atom. The van der Waals surface area contributed by atoms with Gasteiger partial charge in [-0.25, -0.2) is 9.97 Å². The summed E-state index contributed by atoms with van der Waals surface area (Å²) >= 11 is 1.40. The zero-order valence-electron chi connectivity index (χ0n) is 12.0. The average molecular weight is 303 g/mol. The highest BCUT2D eigenvalue weighted by atomic mass is 32.1. The van der Waals surface area contributed by atoms with Gasteiger partial charge in [0.1, 0.15) is 10.7 Å². The number of carbonyl (C=O) groups is 1. The van der Waals surface area contributed by atoms with Crippen molar-refractivity contribution in [3.63, 3.8) is 0 Å². The molecule has 2 aromatic rings. The van der Waals surface area contributed by atoms with Crippen molar-refractivity contribution in [3.8, 4) is 0 Å². The summed E-state index contributed by atoms with van der Waals surface area (Å²) in [6, 6.07) is -0.000185. The molecule has 1 unspecified atom stereocenters. The molecule has 0 spiro atoms. The van der Waals surface area contributed by atoms with Gasteiger partial charge in [-0.2, -0.15) is 0 Å². The van der Waals surface area contributed by atoms with Crippen LogP contribution in [-0.2, 0) is 0 Å². The van der Waals surface area contributed by atoms with Crippen LogP contribution in [0.2, 0.25) is 0 Å². The number of thiazole rings is 1. The molecule has 2 aromatic heterocycles. The van der Waals surface area contributed by atoms with Crippen molar-refractivity contribution in [2.75, 3.05) is 18.9 Å². The second-order valence-corrected chi connectivity index (χ2v) is 5.86. The summed E-state index contributed by atoms with van der Waals surface area (Å²) in [6.45, 7) is 2.63. The van der Waals surface area contributed by atoms with Crippen LogP contribution < -0.4 is 5.32 Å². The predicted molar refractivity (Wildman–Crippen MR) is 81.4 cm³/mol. The van der Waals surface area contributed by atoms with Gasteiger partial charge in [0.05, 0.1) is 35.3 Å². The number of likely N-dealkylation sites (tertiary alicyclic amines) is 1. The first-order chi connectivity index (χ1) is 10.2. The fourth-order valence-corrected chi connectivity index (χ4v) is 3.37. The van der Waals surface area contributed by atoms with Crippen molar-refractivity contribution in [3.05, 3.63) is 34.2 Å². The summed E-state index contributed by atoms with van der Waals surface area (Å²) < 4.78 is 0. The van der Waals surface area contributed by atoms with Crippen molar-refractivity contribution in [1.29, 1.82) is 0 Å². The van der Waals surface area contributed by atoms with Crippen LogP contribution in [0, 0.1) is 6.92 Å². The van der Waals surface area contributed by atoms with Gasteiger partial charge >= 0.3 is 0 Å². The number of nitrogens with one attached hydrogen (secondary N) is 1. The first-order valence-corrected chi connectivity index (χ1v) is 7.79. The molecule has 0 bridgehead atoms. The Morgan fingerprint density at radius 3 is 3.05 bits per heavy atom. The first kappa shape index (κ1) is 13.9. The van der Waals surface area contributed by atoms with Gasteiger partial charge in [0, 0.05) is 13.6 Å². The quantitative estimate of drug-likeness (QED) is 0.941. The number of hydrogen-bond acceptors (Lipinski definition) is 6. The molecule has 1 atom stereocenters. The van der Waals surface area contributed by atoms with Crippen LogP contribution in [0.3, 0.4) is 0 Å². The van der Waals surface area contributed by atoms with Gasteiger partial charge in [-0.05, 0) is 19.8 Å². The molecule has 1 aliphatic heterocycles.